The highest BCUT2D eigenvalue weighted by Gasteiger charge is 2.41. The van der Waals surface area contributed by atoms with Crippen LogP contribution in [0, 0.1) is 0 Å². The van der Waals surface area contributed by atoms with Crippen LogP contribution < -0.4 is 10.1 Å². The van der Waals surface area contributed by atoms with E-state index in [1.807, 2.05) is 11.8 Å². The summed E-state index contributed by atoms with van der Waals surface area (Å²) in [6.07, 6.45) is -3.66. The Hall–Kier alpha value is -2.16. The lowest BCUT2D eigenvalue weighted by Crippen LogP contribution is -2.56. The van der Waals surface area contributed by atoms with Crippen LogP contribution in [0.25, 0.3) is 0 Å². The summed E-state index contributed by atoms with van der Waals surface area (Å²) in [7, 11) is 1.54. The van der Waals surface area contributed by atoms with Crippen LogP contribution in [0.15, 0.2) is 23.2 Å². The van der Waals surface area contributed by atoms with E-state index < -0.39 is 12.2 Å². The molecular weight excluding hydrogens is 373 g/mol. The van der Waals surface area contributed by atoms with Crippen LogP contribution in [0.4, 0.5) is 13.2 Å². The van der Waals surface area contributed by atoms with Crippen LogP contribution in [0.5, 0.6) is 11.5 Å². The van der Waals surface area contributed by atoms with E-state index in [9.17, 15) is 18.3 Å². The number of benzene rings is 1. The molecule has 1 aromatic carbocycles. The van der Waals surface area contributed by atoms with E-state index >= 15 is 0 Å². The minimum atomic E-state index is -4.21. The fourth-order valence-corrected chi connectivity index (χ4v) is 3.12. The number of ether oxygens (including phenoxy) is 1. The number of phenolic OH excluding ortho intramolecular Hbond substituents is 1. The normalized spacial score (nSPS) is 17.5. The van der Waals surface area contributed by atoms with E-state index in [1.165, 1.54) is 18.9 Å². The Labute approximate surface area is 164 Å². The molecule has 2 N–H and O–H groups in total. The number of hydrogen-bond acceptors (Lipinski definition) is 4. The number of nitrogens with one attached hydrogen (secondary N) is 1. The number of guanidine groups is 1. The molecule has 6 nitrogen and oxygen atoms in total. The smallest absolute Gasteiger partial charge is 0.403 e. The van der Waals surface area contributed by atoms with Crippen molar-refractivity contribution in [1.82, 2.24) is 15.1 Å². The molecule has 1 aliphatic rings. The molecule has 2 rings (SSSR count). The van der Waals surface area contributed by atoms with E-state index in [0.29, 0.717) is 57.4 Å². The van der Waals surface area contributed by atoms with E-state index in [4.69, 9.17) is 4.74 Å². The molecule has 0 aliphatic carbocycles. The number of methoxy groups -OCH3 is 1. The molecule has 1 atom stereocenters. The van der Waals surface area contributed by atoms with Crippen LogP contribution in [0.3, 0.4) is 0 Å². The lowest BCUT2D eigenvalue weighted by atomic mass is 10.1. The topological polar surface area (TPSA) is 60.3 Å². The van der Waals surface area contributed by atoms with Crippen molar-refractivity contribution in [1.29, 1.82) is 0 Å². The molecule has 0 saturated carbocycles. The summed E-state index contributed by atoms with van der Waals surface area (Å²) >= 11 is 0. The van der Waals surface area contributed by atoms with Gasteiger partial charge in [-0.3, -0.25) is 9.89 Å². The van der Waals surface area contributed by atoms with Gasteiger partial charge in [-0.25, -0.2) is 0 Å². The van der Waals surface area contributed by atoms with E-state index in [0.717, 1.165) is 5.56 Å². The minimum Gasteiger partial charge on any atom is -0.508 e. The zero-order chi connectivity index (χ0) is 20.7. The van der Waals surface area contributed by atoms with Gasteiger partial charge in [0.2, 0.25) is 0 Å². The Balaban J connectivity index is 1.94. The first kappa shape index (κ1) is 22.1. The lowest BCUT2D eigenvalue weighted by molar-refractivity contribution is -0.181. The first-order valence-electron chi connectivity index (χ1n) is 9.46. The summed E-state index contributed by atoms with van der Waals surface area (Å²) in [4.78, 5) is 8.02. The van der Waals surface area contributed by atoms with Gasteiger partial charge >= 0.3 is 6.18 Å². The molecule has 1 fully saturated rings. The average molecular weight is 402 g/mol. The number of aromatic hydroxyl groups is 1. The molecule has 28 heavy (non-hydrogen) atoms. The number of alkyl halides is 3. The Kier molecular flexibility index (Phi) is 7.79. The van der Waals surface area contributed by atoms with Gasteiger partial charge in [-0.05, 0) is 31.9 Å². The first-order chi connectivity index (χ1) is 13.3. The van der Waals surface area contributed by atoms with Crippen molar-refractivity contribution in [3.05, 3.63) is 23.8 Å². The molecule has 1 heterocycles. The average Bonchev–Trinajstić information content (AvgIpc) is 2.67. The summed E-state index contributed by atoms with van der Waals surface area (Å²) in [5, 5.41) is 13.2. The molecule has 0 radical (unpaired) electrons. The van der Waals surface area contributed by atoms with Gasteiger partial charge in [0.15, 0.2) is 5.96 Å². The highest BCUT2D eigenvalue weighted by molar-refractivity contribution is 5.80. The van der Waals surface area contributed by atoms with Crippen LogP contribution in [0.1, 0.15) is 19.4 Å². The number of halogens is 3. The quantitative estimate of drug-likeness (QED) is 0.566. The van der Waals surface area contributed by atoms with E-state index in [-0.39, 0.29) is 5.75 Å². The molecule has 9 heteroatoms. The fraction of sp³-hybridized carbons (Fsp3) is 0.632. The van der Waals surface area contributed by atoms with Gasteiger partial charge in [0.25, 0.3) is 0 Å². The van der Waals surface area contributed by atoms with Crippen molar-refractivity contribution in [3.63, 3.8) is 0 Å². The number of phenols is 1. The van der Waals surface area contributed by atoms with E-state index in [2.05, 4.69) is 10.3 Å². The maximum absolute atomic E-state index is 12.9. The molecule has 1 saturated heterocycles. The van der Waals surface area contributed by atoms with Gasteiger partial charge in [-0.2, -0.15) is 13.2 Å². The molecule has 158 valence electrons. The third kappa shape index (κ3) is 5.92. The van der Waals surface area contributed by atoms with Crippen molar-refractivity contribution in [2.24, 2.45) is 4.99 Å². The summed E-state index contributed by atoms with van der Waals surface area (Å²) in [6, 6.07) is 3.71. The summed E-state index contributed by atoms with van der Waals surface area (Å²) in [6.45, 7) is 5.94. The molecule has 1 unspecified atom stereocenters. The number of aliphatic imine (C=N–C) groups is 1. The van der Waals surface area contributed by atoms with Gasteiger partial charge in [-0.15, -0.1) is 0 Å². The monoisotopic (exact) mass is 402 g/mol. The number of hydrogen-bond donors (Lipinski definition) is 2. The zero-order valence-electron chi connectivity index (χ0n) is 16.6. The largest absolute Gasteiger partial charge is 0.508 e. The van der Waals surface area contributed by atoms with Crippen molar-refractivity contribution in [3.8, 4) is 11.5 Å². The van der Waals surface area contributed by atoms with Gasteiger partial charge in [-0.1, -0.05) is 6.07 Å². The second-order valence-corrected chi connectivity index (χ2v) is 6.72. The molecule has 1 aromatic rings. The van der Waals surface area contributed by atoms with Gasteiger partial charge < -0.3 is 20.1 Å². The first-order valence-corrected chi connectivity index (χ1v) is 9.46. The maximum atomic E-state index is 12.9. The highest BCUT2D eigenvalue weighted by atomic mass is 19.4. The predicted octanol–water partition coefficient (Wildman–Crippen LogP) is 2.48. The molecule has 0 spiro atoms. The second-order valence-electron chi connectivity index (χ2n) is 6.72. The van der Waals surface area contributed by atoms with Crippen LogP contribution in [-0.2, 0) is 6.42 Å². The third-order valence-corrected chi connectivity index (χ3v) is 4.91. The Morgan fingerprint density at radius 2 is 1.96 bits per heavy atom. The molecule has 0 aromatic heterocycles. The van der Waals surface area contributed by atoms with Crippen LogP contribution in [0.2, 0.25) is 0 Å². The number of piperazine rings is 1. The predicted molar refractivity (Wildman–Crippen MR) is 103 cm³/mol. The molecular formula is C19H29F3N4O2. The minimum absolute atomic E-state index is 0.161. The number of rotatable bonds is 6. The Morgan fingerprint density at radius 1 is 1.29 bits per heavy atom. The third-order valence-electron chi connectivity index (χ3n) is 4.91. The molecule has 0 bridgehead atoms. The van der Waals surface area contributed by atoms with Crippen molar-refractivity contribution in [2.45, 2.75) is 32.5 Å². The van der Waals surface area contributed by atoms with Gasteiger partial charge in [0.05, 0.1) is 7.11 Å². The summed E-state index contributed by atoms with van der Waals surface area (Å²) in [5.74, 6) is 1.44. The Morgan fingerprint density at radius 3 is 2.50 bits per heavy atom. The fourth-order valence-electron chi connectivity index (χ4n) is 3.12. The summed E-state index contributed by atoms with van der Waals surface area (Å²) < 4.78 is 43.8. The SMILES string of the molecule is CCNC(=NCCc1ccc(OC)cc1O)N1CCN(C(C)C(F)(F)F)CC1. The second kappa shape index (κ2) is 9.86. The zero-order valence-corrected chi connectivity index (χ0v) is 16.6. The molecule has 0 amide bonds. The Bertz CT molecular complexity index is 659. The van der Waals surface area contributed by atoms with E-state index in [1.54, 1.807) is 18.2 Å². The van der Waals surface area contributed by atoms with Crippen molar-refractivity contribution in [2.75, 3.05) is 46.4 Å². The van der Waals surface area contributed by atoms with Gasteiger partial charge in [0, 0.05) is 45.3 Å². The standard InChI is InChI=1S/C19H29F3N4O2/c1-4-23-18(24-8-7-15-5-6-16(28-3)13-17(15)27)26-11-9-25(10-12-26)14(2)19(20,21)22/h5-6,13-14,27H,4,7-12H2,1-3H3,(H,23,24). The van der Waals surface area contributed by atoms with Gasteiger partial charge in [0.1, 0.15) is 17.5 Å². The summed E-state index contributed by atoms with van der Waals surface area (Å²) in [5.41, 5.74) is 0.768. The molecule has 1 aliphatic heterocycles. The lowest BCUT2D eigenvalue weighted by Gasteiger charge is -2.39. The van der Waals surface area contributed by atoms with Crippen molar-refractivity contribution < 1.29 is 23.0 Å². The maximum Gasteiger partial charge on any atom is 0.403 e. The van der Waals surface area contributed by atoms with Crippen molar-refractivity contribution >= 4 is 5.96 Å². The highest BCUT2D eigenvalue weighted by Crippen LogP contribution is 2.25. The van der Waals surface area contributed by atoms with Crippen LogP contribution in [-0.4, -0.2) is 79.5 Å². The number of nitrogens with zero attached hydrogens (tertiary/aromatic N) is 3. The van der Waals surface area contributed by atoms with Crippen LogP contribution >= 0.6 is 0 Å².